The SMILES string of the molecule is O=C(O)c1ccccc1C(=O)c1ccc2c(c1)Cc1ccccc1O2. The van der Waals surface area contributed by atoms with Gasteiger partial charge in [0.25, 0.3) is 0 Å². The monoisotopic (exact) mass is 330 g/mol. The zero-order valence-corrected chi connectivity index (χ0v) is 13.2. The highest BCUT2D eigenvalue weighted by Gasteiger charge is 2.21. The highest BCUT2D eigenvalue weighted by Crippen LogP contribution is 2.36. The summed E-state index contributed by atoms with van der Waals surface area (Å²) in [5, 5.41) is 9.29. The molecule has 1 N–H and O–H groups in total. The molecule has 0 amide bonds. The van der Waals surface area contributed by atoms with Crippen molar-refractivity contribution < 1.29 is 19.4 Å². The maximum atomic E-state index is 12.8. The van der Waals surface area contributed by atoms with E-state index in [0.29, 0.717) is 12.0 Å². The first-order valence-corrected chi connectivity index (χ1v) is 7.89. The van der Waals surface area contributed by atoms with E-state index in [1.807, 2.05) is 24.3 Å². The number of carboxylic acid groups (broad SMARTS) is 1. The van der Waals surface area contributed by atoms with Crippen LogP contribution in [0.5, 0.6) is 11.5 Å². The topological polar surface area (TPSA) is 63.6 Å². The Morgan fingerprint density at radius 2 is 1.48 bits per heavy atom. The van der Waals surface area contributed by atoms with Gasteiger partial charge in [0.05, 0.1) is 5.56 Å². The molecule has 4 heteroatoms. The normalized spacial score (nSPS) is 11.8. The predicted octanol–water partition coefficient (Wildman–Crippen LogP) is 4.31. The van der Waals surface area contributed by atoms with Gasteiger partial charge in [-0.25, -0.2) is 4.79 Å². The van der Waals surface area contributed by atoms with Crippen LogP contribution >= 0.6 is 0 Å². The van der Waals surface area contributed by atoms with Gasteiger partial charge in [0, 0.05) is 23.1 Å². The molecule has 1 aliphatic heterocycles. The van der Waals surface area contributed by atoms with Crippen molar-refractivity contribution in [1.82, 2.24) is 0 Å². The van der Waals surface area contributed by atoms with Crippen LogP contribution in [0.2, 0.25) is 0 Å². The van der Waals surface area contributed by atoms with Gasteiger partial charge in [0.2, 0.25) is 0 Å². The van der Waals surface area contributed by atoms with Crippen molar-refractivity contribution in [2.45, 2.75) is 6.42 Å². The Balaban J connectivity index is 1.72. The van der Waals surface area contributed by atoms with Crippen LogP contribution in [0.1, 0.15) is 37.4 Å². The van der Waals surface area contributed by atoms with Gasteiger partial charge in [-0.2, -0.15) is 0 Å². The summed E-state index contributed by atoms with van der Waals surface area (Å²) in [6, 6.07) is 19.3. The molecule has 0 atom stereocenters. The van der Waals surface area contributed by atoms with Gasteiger partial charge in [-0.05, 0) is 35.9 Å². The summed E-state index contributed by atoms with van der Waals surface area (Å²) < 4.78 is 5.87. The second kappa shape index (κ2) is 5.91. The van der Waals surface area contributed by atoms with Crippen molar-refractivity contribution in [3.05, 3.63) is 94.5 Å². The molecule has 0 radical (unpaired) electrons. The summed E-state index contributed by atoms with van der Waals surface area (Å²) in [5.41, 5.74) is 2.62. The number of para-hydroxylation sites is 1. The predicted molar refractivity (Wildman–Crippen MR) is 92.6 cm³/mol. The molecular weight excluding hydrogens is 316 g/mol. The van der Waals surface area contributed by atoms with Crippen molar-refractivity contribution in [3.8, 4) is 11.5 Å². The van der Waals surface area contributed by atoms with Crippen LogP contribution in [0.3, 0.4) is 0 Å². The third-order valence-corrected chi connectivity index (χ3v) is 4.30. The number of carbonyl (C=O) groups is 2. The van der Waals surface area contributed by atoms with Crippen molar-refractivity contribution in [2.75, 3.05) is 0 Å². The zero-order valence-electron chi connectivity index (χ0n) is 13.2. The number of carboxylic acids is 1. The number of fused-ring (bicyclic) bond motifs is 2. The van der Waals surface area contributed by atoms with Gasteiger partial charge in [0.15, 0.2) is 5.78 Å². The number of ether oxygens (including phenoxy) is 1. The van der Waals surface area contributed by atoms with Crippen molar-refractivity contribution in [3.63, 3.8) is 0 Å². The minimum atomic E-state index is -1.11. The van der Waals surface area contributed by atoms with E-state index in [0.717, 1.165) is 22.6 Å². The molecule has 1 heterocycles. The smallest absolute Gasteiger partial charge is 0.336 e. The fraction of sp³-hybridized carbons (Fsp3) is 0.0476. The minimum Gasteiger partial charge on any atom is -0.478 e. The summed E-state index contributed by atoms with van der Waals surface area (Å²) in [6.45, 7) is 0. The third kappa shape index (κ3) is 2.68. The summed E-state index contributed by atoms with van der Waals surface area (Å²) in [5.74, 6) is 0.130. The molecule has 3 aromatic rings. The highest BCUT2D eigenvalue weighted by molar-refractivity contribution is 6.14. The van der Waals surface area contributed by atoms with E-state index in [4.69, 9.17) is 4.74 Å². The Morgan fingerprint density at radius 1 is 0.800 bits per heavy atom. The lowest BCUT2D eigenvalue weighted by Crippen LogP contribution is -2.11. The standard InChI is InChI=1S/C21H14O4/c22-20(16-6-2-3-7-17(16)21(23)24)14-9-10-19-15(12-14)11-13-5-1-4-8-18(13)25-19/h1-10,12H,11H2,(H,23,24). The summed E-state index contributed by atoms with van der Waals surface area (Å²) in [7, 11) is 0. The molecule has 0 saturated heterocycles. The van der Waals surface area contributed by atoms with E-state index >= 15 is 0 Å². The van der Waals surface area contributed by atoms with E-state index in [1.54, 1.807) is 30.3 Å². The quantitative estimate of drug-likeness (QED) is 0.569. The van der Waals surface area contributed by atoms with Gasteiger partial charge >= 0.3 is 5.97 Å². The Labute approximate surface area is 144 Å². The second-order valence-corrected chi connectivity index (χ2v) is 5.89. The lowest BCUT2D eigenvalue weighted by atomic mass is 9.94. The maximum absolute atomic E-state index is 12.8. The molecule has 0 fully saturated rings. The number of benzene rings is 3. The van der Waals surface area contributed by atoms with Crippen LogP contribution in [0.15, 0.2) is 66.7 Å². The first-order valence-electron chi connectivity index (χ1n) is 7.89. The van der Waals surface area contributed by atoms with E-state index < -0.39 is 5.97 Å². The third-order valence-electron chi connectivity index (χ3n) is 4.30. The summed E-state index contributed by atoms with van der Waals surface area (Å²) in [4.78, 5) is 24.2. The average molecular weight is 330 g/mol. The zero-order chi connectivity index (χ0) is 17.4. The summed E-state index contributed by atoms with van der Waals surface area (Å²) >= 11 is 0. The number of hydrogen-bond acceptors (Lipinski definition) is 3. The van der Waals surface area contributed by atoms with Crippen LogP contribution < -0.4 is 4.74 Å². The van der Waals surface area contributed by atoms with Crippen LogP contribution in [-0.2, 0) is 6.42 Å². The largest absolute Gasteiger partial charge is 0.478 e. The van der Waals surface area contributed by atoms with Crippen LogP contribution in [0.4, 0.5) is 0 Å². The van der Waals surface area contributed by atoms with E-state index in [1.165, 1.54) is 12.1 Å². The Bertz CT molecular complexity index is 1000. The molecule has 122 valence electrons. The molecule has 0 aliphatic carbocycles. The van der Waals surface area contributed by atoms with Crippen molar-refractivity contribution in [1.29, 1.82) is 0 Å². The van der Waals surface area contributed by atoms with E-state index in [2.05, 4.69) is 0 Å². The fourth-order valence-electron chi connectivity index (χ4n) is 3.05. The maximum Gasteiger partial charge on any atom is 0.336 e. The second-order valence-electron chi connectivity index (χ2n) is 5.89. The molecular formula is C21H14O4. The molecule has 4 nitrogen and oxygen atoms in total. The van der Waals surface area contributed by atoms with Crippen molar-refractivity contribution in [2.24, 2.45) is 0 Å². The fourth-order valence-corrected chi connectivity index (χ4v) is 3.05. The van der Waals surface area contributed by atoms with Gasteiger partial charge < -0.3 is 9.84 Å². The number of rotatable bonds is 3. The lowest BCUT2D eigenvalue weighted by molar-refractivity contribution is 0.0693. The first kappa shape index (κ1) is 15.1. The minimum absolute atomic E-state index is 0.00631. The molecule has 1 aliphatic rings. The molecule has 0 saturated carbocycles. The van der Waals surface area contributed by atoms with Gasteiger partial charge in [0.1, 0.15) is 11.5 Å². The first-order chi connectivity index (χ1) is 12.1. The number of carbonyl (C=O) groups excluding carboxylic acids is 1. The van der Waals surface area contributed by atoms with Crippen LogP contribution in [-0.4, -0.2) is 16.9 Å². The van der Waals surface area contributed by atoms with Gasteiger partial charge in [-0.15, -0.1) is 0 Å². The lowest BCUT2D eigenvalue weighted by Gasteiger charge is -2.20. The molecule has 4 rings (SSSR count). The molecule has 0 unspecified atom stereocenters. The van der Waals surface area contributed by atoms with Crippen LogP contribution in [0.25, 0.3) is 0 Å². The number of hydrogen-bond donors (Lipinski definition) is 1. The average Bonchev–Trinajstić information content (AvgIpc) is 2.65. The molecule has 25 heavy (non-hydrogen) atoms. The number of aromatic carboxylic acids is 1. The molecule has 0 spiro atoms. The molecule has 3 aromatic carbocycles. The van der Waals surface area contributed by atoms with Gasteiger partial charge in [-0.1, -0.05) is 36.4 Å². The van der Waals surface area contributed by atoms with E-state index in [9.17, 15) is 14.7 Å². The Morgan fingerprint density at radius 3 is 2.28 bits per heavy atom. The number of ketones is 1. The summed E-state index contributed by atoms with van der Waals surface area (Å²) in [6.07, 6.45) is 0.674. The highest BCUT2D eigenvalue weighted by atomic mass is 16.5. The van der Waals surface area contributed by atoms with Crippen molar-refractivity contribution >= 4 is 11.8 Å². The molecule has 0 aromatic heterocycles. The van der Waals surface area contributed by atoms with E-state index in [-0.39, 0.29) is 16.9 Å². The Hall–Kier alpha value is -3.40. The van der Waals surface area contributed by atoms with Gasteiger partial charge in [-0.3, -0.25) is 4.79 Å². The molecule has 0 bridgehead atoms. The Kier molecular flexibility index (Phi) is 3.58. The van der Waals surface area contributed by atoms with Crippen LogP contribution in [0, 0.1) is 0 Å².